The quantitative estimate of drug-likeness (QED) is 0.867. The molecule has 19 heavy (non-hydrogen) atoms. The molecule has 2 N–H and O–H groups in total. The number of hydrogen-bond acceptors (Lipinski definition) is 3. The number of sulfonamides is 1. The molecule has 1 aliphatic carbocycles. The molecule has 0 aliphatic heterocycles. The van der Waals surface area contributed by atoms with E-state index in [2.05, 4.69) is 4.72 Å². The summed E-state index contributed by atoms with van der Waals surface area (Å²) in [4.78, 5) is -0.0101. The molecular formula is C13H18FNO3S. The Balaban J connectivity index is 2.18. The van der Waals surface area contributed by atoms with E-state index in [1.54, 1.807) is 0 Å². The maximum absolute atomic E-state index is 13.2. The fourth-order valence-electron chi connectivity index (χ4n) is 2.19. The molecule has 1 atom stereocenters. The molecule has 1 aliphatic rings. The number of benzene rings is 1. The normalized spacial score (nSPS) is 18.1. The van der Waals surface area contributed by atoms with Crippen molar-refractivity contribution in [3.05, 3.63) is 29.6 Å². The molecule has 2 rings (SSSR count). The van der Waals surface area contributed by atoms with Crippen LogP contribution in [0.15, 0.2) is 23.1 Å². The summed E-state index contributed by atoms with van der Waals surface area (Å²) in [6.07, 6.45) is 3.21. The highest BCUT2D eigenvalue weighted by molar-refractivity contribution is 7.89. The topological polar surface area (TPSA) is 66.4 Å². The molecule has 6 heteroatoms. The summed E-state index contributed by atoms with van der Waals surface area (Å²) >= 11 is 0. The van der Waals surface area contributed by atoms with Gasteiger partial charge in [0.15, 0.2) is 0 Å². The lowest BCUT2D eigenvalue weighted by Crippen LogP contribution is -2.40. The second-order valence-corrected chi connectivity index (χ2v) is 6.73. The second-order valence-electron chi connectivity index (χ2n) is 5.01. The highest BCUT2D eigenvalue weighted by atomic mass is 32.2. The number of hydrogen-bond donors (Lipinski definition) is 2. The molecule has 0 aromatic heterocycles. The van der Waals surface area contributed by atoms with Gasteiger partial charge in [0.1, 0.15) is 5.82 Å². The Morgan fingerprint density at radius 1 is 1.47 bits per heavy atom. The van der Waals surface area contributed by atoms with Gasteiger partial charge in [0.25, 0.3) is 0 Å². The van der Waals surface area contributed by atoms with Crippen LogP contribution in [0.4, 0.5) is 4.39 Å². The minimum Gasteiger partial charge on any atom is -0.392 e. The first-order valence-electron chi connectivity index (χ1n) is 6.35. The molecule has 0 spiro atoms. The Morgan fingerprint density at radius 2 is 2.16 bits per heavy atom. The summed E-state index contributed by atoms with van der Waals surface area (Å²) in [7, 11) is -3.66. The largest absolute Gasteiger partial charge is 0.392 e. The van der Waals surface area contributed by atoms with Crippen molar-refractivity contribution in [2.45, 2.75) is 43.7 Å². The van der Waals surface area contributed by atoms with E-state index in [1.807, 2.05) is 6.92 Å². The Bertz CT molecular complexity index is 555. The smallest absolute Gasteiger partial charge is 0.240 e. The molecule has 106 valence electrons. The molecule has 0 heterocycles. The van der Waals surface area contributed by atoms with Gasteiger partial charge in [-0.2, -0.15) is 0 Å². The zero-order valence-electron chi connectivity index (χ0n) is 10.8. The summed E-state index contributed by atoms with van der Waals surface area (Å²) in [5.74, 6) is -0.221. The monoisotopic (exact) mass is 287 g/mol. The van der Waals surface area contributed by atoms with Crippen molar-refractivity contribution >= 4 is 10.0 Å². The van der Waals surface area contributed by atoms with Gasteiger partial charge in [0.2, 0.25) is 10.0 Å². The molecule has 0 saturated heterocycles. The van der Waals surface area contributed by atoms with Gasteiger partial charge >= 0.3 is 0 Å². The van der Waals surface area contributed by atoms with Crippen LogP contribution < -0.4 is 4.72 Å². The predicted octanol–water partition coefficient (Wildman–Crippen LogP) is 1.78. The summed E-state index contributed by atoms with van der Waals surface area (Å²) in [6.45, 7) is 1.32. The Labute approximate surface area is 112 Å². The molecule has 1 unspecified atom stereocenters. The van der Waals surface area contributed by atoms with Crippen LogP contribution in [0, 0.1) is 11.7 Å². The van der Waals surface area contributed by atoms with Crippen molar-refractivity contribution in [1.29, 1.82) is 0 Å². The lowest BCUT2D eigenvalue weighted by Gasteiger charge is -2.31. The average molecular weight is 287 g/mol. The van der Waals surface area contributed by atoms with E-state index < -0.39 is 22.4 Å². The fourth-order valence-corrected chi connectivity index (χ4v) is 3.55. The van der Waals surface area contributed by atoms with Gasteiger partial charge < -0.3 is 5.11 Å². The maximum Gasteiger partial charge on any atom is 0.240 e. The molecule has 0 bridgehead atoms. The van der Waals surface area contributed by atoms with Crippen molar-refractivity contribution in [1.82, 2.24) is 4.72 Å². The zero-order chi connectivity index (χ0) is 14.0. The van der Waals surface area contributed by atoms with Gasteiger partial charge in [0, 0.05) is 11.6 Å². The molecule has 1 fully saturated rings. The number of aliphatic hydroxyl groups is 1. The first-order valence-corrected chi connectivity index (χ1v) is 7.84. The molecule has 1 aromatic rings. The first kappa shape index (κ1) is 14.4. The summed E-state index contributed by atoms with van der Waals surface area (Å²) < 4.78 is 40.2. The highest BCUT2D eigenvalue weighted by Crippen LogP contribution is 2.30. The van der Waals surface area contributed by atoms with E-state index in [0.29, 0.717) is 5.92 Å². The van der Waals surface area contributed by atoms with E-state index in [-0.39, 0.29) is 16.5 Å². The molecular weight excluding hydrogens is 269 g/mol. The number of rotatable bonds is 5. The number of aliphatic hydroxyl groups excluding tert-OH is 1. The van der Waals surface area contributed by atoms with E-state index in [0.717, 1.165) is 25.3 Å². The number of nitrogens with one attached hydrogen (secondary N) is 1. The van der Waals surface area contributed by atoms with Gasteiger partial charge in [-0.15, -0.1) is 0 Å². The molecule has 1 saturated carbocycles. The predicted molar refractivity (Wildman–Crippen MR) is 69.4 cm³/mol. The fraction of sp³-hybridized carbons (Fsp3) is 0.538. The van der Waals surface area contributed by atoms with Crippen LogP contribution in [-0.4, -0.2) is 19.6 Å². The highest BCUT2D eigenvalue weighted by Gasteiger charge is 2.28. The van der Waals surface area contributed by atoms with Gasteiger partial charge in [-0.1, -0.05) is 6.42 Å². The third kappa shape index (κ3) is 3.13. The van der Waals surface area contributed by atoms with Crippen molar-refractivity contribution in [3.63, 3.8) is 0 Å². The Kier molecular flexibility index (Phi) is 4.23. The minimum absolute atomic E-state index is 0.0101. The molecule has 0 radical (unpaired) electrons. The average Bonchev–Trinajstić information content (AvgIpc) is 2.26. The first-order chi connectivity index (χ1) is 8.94. The van der Waals surface area contributed by atoms with Crippen LogP contribution in [-0.2, 0) is 16.6 Å². The van der Waals surface area contributed by atoms with Crippen molar-refractivity contribution < 1.29 is 17.9 Å². The van der Waals surface area contributed by atoms with Gasteiger partial charge in [0.05, 0.1) is 11.5 Å². The maximum atomic E-state index is 13.2. The third-order valence-electron chi connectivity index (χ3n) is 3.70. The van der Waals surface area contributed by atoms with Gasteiger partial charge in [-0.05, 0) is 43.9 Å². The van der Waals surface area contributed by atoms with Gasteiger partial charge in [-0.3, -0.25) is 0 Å². The van der Waals surface area contributed by atoms with Crippen LogP contribution in [0.3, 0.4) is 0 Å². The van der Waals surface area contributed by atoms with Gasteiger partial charge in [-0.25, -0.2) is 17.5 Å². The minimum atomic E-state index is -3.66. The van der Waals surface area contributed by atoms with Crippen LogP contribution in [0.2, 0.25) is 0 Å². The lowest BCUT2D eigenvalue weighted by atomic mass is 9.81. The van der Waals surface area contributed by atoms with E-state index in [1.165, 1.54) is 12.1 Å². The lowest BCUT2D eigenvalue weighted by molar-refractivity contribution is 0.260. The van der Waals surface area contributed by atoms with E-state index in [9.17, 15) is 12.8 Å². The van der Waals surface area contributed by atoms with Crippen LogP contribution in [0.1, 0.15) is 31.7 Å². The van der Waals surface area contributed by atoms with E-state index >= 15 is 0 Å². The van der Waals surface area contributed by atoms with Crippen LogP contribution in [0.25, 0.3) is 0 Å². The molecule has 1 aromatic carbocycles. The Morgan fingerprint density at radius 3 is 2.68 bits per heavy atom. The van der Waals surface area contributed by atoms with Crippen LogP contribution in [0.5, 0.6) is 0 Å². The third-order valence-corrected chi connectivity index (χ3v) is 5.25. The second kappa shape index (κ2) is 5.56. The summed E-state index contributed by atoms with van der Waals surface area (Å²) in [5, 5.41) is 8.97. The van der Waals surface area contributed by atoms with Crippen LogP contribution >= 0.6 is 0 Å². The standard InChI is InChI=1S/C13H18FNO3S/c1-9(10-3-2-4-10)15-19(17,18)12-5-6-13(14)11(7-12)8-16/h5-7,9-10,15-16H,2-4,8H2,1H3. The van der Waals surface area contributed by atoms with Crippen molar-refractivity contribution in [3.8, 4) is 0 Å². The SMILES string of the molecule is CC(NS(=O)(=O)c1ccc(F)c(CO)c1)C1CCC1. The molecule has 0 amide bonds. The van der Waals surface area contributed by atoms with Crippen molar-refractivity contribution in [2.75, 3.05) is 0 Å². The summed E-state index contributed by atoms with van der Waals surface area (Å²) in [5.41, 5.74) is -0.0147. The van der Waals surface area contributed by atoms with Crippen molar-refractivity contribution in [2.24, 2.45) is 5.92 Å². The molecule has 4 nitrogen and oxygen atoms in total. The zero-order valence-corrected chi connectivity index (χ0v) is 11.6. The Hall–Kier alpha value is -0.980. The van der Waals surface area contributed by atoms with E-state index in [4.69, 9.17) is 5.11 Å². The summed E-state index contributed by atoms with van der Waals surface area (Å²) in [6, 6.07) is 3.32. The number of halogens is 1.